The van der Waals surface area contributed by atoms with E-state index in [1.165, 1.54) is 70.8 Å². The van der Waals surface area contributed by atoms with E-state index in [9.17, 15) is 0 Å². The lowest BCUT2D eigenvalue weighted by Gasteiger charge is -2.27. The first-order chi connectivity index (χ1) is 9.88. The molecule has 1 saturated carbocycles. The molecule has 2 heteroatoms. The van der Waals surface area contributed by atoms with Crippen LogP contribution in [0.3, 0.4) is 0 Å². The van der Waals surface area contributed by atoms with Gasteiger partial charge in [-0.1, -0.05) is 45.1 Å². The molecule has 2 rings (SSSR count). The topological polar surface area (TPSA) is 12.0 Å². The maximum Gasteiger partial charge on any atom is 0.00698 e. The number of hydrogen-bond acceptors (Lipinski definition) is 2. The molecular formula is C18H31NS. The number of rotatable bonds is 9. The number of thiophene rings is 1. The van der Waals surface area contributed by atoms with Crippen LogP contribution >= 0.6 is 11.3 Å². The van der Waals surface area contributed by atoms with Gasteiger partial charge in [0.15, 0.2) is 0 Å². The lowest BCUT2D eigenvalue weighted by atomic mass is 9.84. The number of hydrogen-bond donors (Lipinski definition) is 1. The molecule has 0 spiro atoms. The molecule has 114 valence electrons. The van der Waals surface area contributed by atoms with Crippen molar-refractivity contribution < 1.29 is 0 Å². The van der Waals surface area contributed by atoms with Gasteiger partial charge in [-0.05, 0) is 56.0 Å². The summed E-state index contributed by atoms with van der Waals surface area (Å²) in [6, 6.07) is 5.22. The summed E-state index contributed by atoms with van der Waals surface area (Å²) in [5.74, 6) is 1.000. The Bertz CT molecular complexity index is 327. The van der Waals surface area contributed by atoms with Gasteiger partial charge in [0.25, 0.3) is 0 Å². The van der Waals surface area contributed by atoms with Gasteiger partial charge in [-0.2, -0.15) is 0 Å². The van der Waals surface area contributed by atoms with Crippen LogP contribution < -0.4 is 5.32 Å². The van der Waals surface area contributed by atoms with Gasteiger partial charge in [-0.3, -0.25) is 0 Å². The molecule has 1 aliphatic rings. The van der Waals surface area contributed by atoms with Gasteiger partial charge < -0.3 is 5.32 Å². The summed E-state index contributed by atoms with van der Waals surface area (Å²) in [5, 5.41) is 6.00. The van der Waals surface area contributed by atoms with E-state index < -0.39 is 0 Å². The van der Waals surface area contributed by atoms with Crippen molar-refractivity contribution in [3.63, 3.8) is 0 Å². The highest BCUT2D eigenvalue weighted by Gasteiger charge is 2.18. The van der Waals surface area contributed by atoms with E-state index in [-0.39, 0.29) is 0 Å². The Morgan fingerprint density at radius 3 is 2.85 bits per heavy atom. The molecule has 1 aromatic rings. The fourth-order valence-electron chi connectivity index (χ4n) is 3.45. The maximum atomic E-state index is 3.80. The molecule has 0 aromatic carbocycles. The van der Waals surface area contributed by atoms with E-state index >= 15 is 0 Å². The molecule has 1 nitrogen and oxygen atoms in total. The van der Waals surface area contributed by atoms with Crippen LogP contribution in [0.25, 0.3) is 0 Å². The highest BCUT2D eigenvalue weighted by Crippen LogP contribution is 2.28. The Hall–Kier alpha value is -0.340. The molecule has 0 bridgehead atoms. The smallest absolute Gasteiger partial charge is 0.00698 e. The molecule has 1 aromatic heterocycles. The summed E-state index contributed by atoms with van der Waals surface area (Å²) in [7, 11) is 0. The van der Waals surface area contributed by atoms with Gasteiger partial charge in [0.2, 0.25) is 0 Å². The molecule has 20 heavy (non-hydrogen) atoms. The van der Waals surface area contributed by atoms with E-state index in [4.69, 9.17) is 0 Å². The average Bonchev–Trinajstić information content (AvgIpc) is 2.99. The Labute approximate surface area is 129 Å². The molecule has 1 fully saturated rings. The molecule has 0 saturated heterocycles. The van der Waals surface area contributed by atoms with Crippen molar-refractivity contribution in [3.05, 3.63) is 22.4 Å². The second-order valence-electron chi connectivity index (χ2n) is 6.36. The largest absolute Gasteiger partial charge is 0.314 e. The Morgan fingerprint density at radius 1 is 1.30 bits per heavy atom. The summed E-state index contributed by atoms with van der Waals surface area (Å²) in [5.41, 5.74) is 0. The minimum Gasteiger partial charge on any atom is -0.314 e. The first-order valence-corrected chi connectivity index (χ1v) is 9.52. The summed E-state index contributed by atoms with van der Waals surface area (Å²) < 4.78 is 0. The van der Waals surface area contributed by atoms with Crippen molar-refractivity contribution >= 4 is 11.3 Å². The van der Waals surface area contributed by atoms with Crippen molar-refractivity contribution in [1.29, 1.82) is 0 Å². The zero-order chi connectivity index (χ0) is 14.0. The monoisotopic (exact) mass is 293 g/mol. The maximum absolute atomic E-state index is 3.80. The first kappa shape index (κ1) is 16.0. The Morgan fingerprint density at radius 2 is 2.15 bits per heavy atom. The third-order valence-corrected chi connectivity index (χ3v) is 5.52. The van der Waals surface area contributed by atoms with Gasteiger partial charge in [0, 0.05) is 10.9 Å². The van der Waals surface area contributed by atoms with E-state index in [1.807, 2.05) is 11.3 Å². The molecule has 1 heterocycles. The molecule has 0 aliphatic heterocycles. The molecule has 0 amide bonds. The lowest BCUT2D eigenvalue weighted by Crippen LogP contribution is -2.32. The van der Waals surface area contributed by atoms with E-state index in [0.29, 0.717) is 0 Å². The van der Waals surface area contributed by atoms with Crippen LogP contribution in [0.2, 0.25) is 0 Å². The Balaban J connectivity index is 1.70. The zero-order valence-electron chi connectivity index (χ0n) is 13.1. The minimum absolute atomic E-state index is 0.762. The summed E-state index contributed by atoms with van der Waals surface area (Å²) in [4.78, 5) is 1.55. The predicted octanol–water partition coefficient (Wildman–Crippen LogP) is 5.41. The standard InChI is InChI=1S/C18H31NS/c1-2-13-19-17(15-16-8-4-3-5-9-16)10-6-11-18-12-7-14-20-18/h7,12,14,16-17,19H,2-6,8-11,13,15H2,1H3. The van der Waals surface area contributed by atoms with Gasteiger partial charge in [-0.25, -0.2) is 0 Å². The Kier molecular flexibility index (Phi) is 7.67. The second kappa shape index (κ2) is 9.57. The number of aryl methyl sites for hydroxylation is 1. The minimum atomic E-state index is 0.762. The van der Waals surface area contributed by atoms with Crippen LogP contribution in [0.1, 0.15) is 69.6 Å². The zero-order valence-corrected chi connectivity index (χ0v) is 13.9. The van der Waals surface area contributed by atoms with Crippen LogP contribution in [0, 0.1) is 5.92 Å². The fraction of sp³-hybridized carbons (Fsp3) is 0.778. The molecule has 1 atom stereocenters. The summed E-state index contributed by atoms with van der Waals surface area (Å²) >= 11 is 1.91. The second-order valence-corrected chi connectivity index (χ2v) is 7.39. The lowest BCUT2D eigenvalue weighted by molar-refractivity contribution is 0.289. The van der Waals surface area contributed by atoms with Crippen molar-refractivity contribution in [2.75, 3.05) is 6.54 Å². The molecule has 1 unspecified atom stereocenters. The predicted molar refractivity (Wildman–Crippen MR) is 90.5 cm³/mol. The molecule has 0 radical (unpaired) electrons. The first-order valence-electron chi connectivity index (χ1n) is 8.64. The van der Waals surface area contributed by atoms with Gasteiger partial charge in [-0.15, -0.1) is 11.3 Å². The molecule has 1 N–H and O–H groups in total. The highest BCUT2D eigenvalue weighted by atomic mass is 32.1. The van der Waals surface area contributed by atoms with Gasteiger partial charge in [0.05, 0.1) is 0 Å². The van der Waals surface area contributed by atoms with Crippen LogP contribution in [-0.2, 0) is 6.42 Å². The SMILES string of the molecule is CCCNC(CCCc1cccs1)CC1CCCCC1. The van der Waals surface area contributed by atoms with Crippen molar-refractivity contribution in [2.45, 2.75) is 77.2 Å². The summed E-state index contributed by atoms with van der Waals surface area (Å²) in [6.07, 6.45) is 14.0. The van der Waals surface area contributed by atoms with Crippen molar-refractivity contribution in [3.8, 4) is 0 Å². The molecule has 1 aliphatic carbocycles. The van der Waals surface area contributed by atoms with Gasteiger partial charge in [0.1, 0.15) is 0 Å². The van der Waals surface area contributed by atoms with Gasteiger partial charge >= 0.3 is 0 Å². The van der Waals surface area contributed by atoms with Crippen LogP contribution in [0.15, 0.2) is 17.5 Å². The summed E-state index contributed by atoms with van der Waals surface area (Å²) in [6.45, 7) is 3.46. The van der Waals surface area contributed by atoms with E-state index in [2.05, 4.69) is 29.8 Å². The third kappa shape index (κ3) is 5.97. The van der Waals surface area contributed by atoms with Crippen LogP contribution in [0.5, 0.6) is 0 Å². The fourth-order valence-corrected chi connectivity index (χ4v) is 4.21. The van der Waals surface area contributed by atoms with Crippen LogP contribution in [-0.4, -0.2) is 12.6 Å². The van der Waals surface area contributed by atoms with E-state index in [1.54, 1.807) is 4.88 Å². The van der Waals surface area contributed by atoms with Crippen molar-refractivity contribution in [1.82, 2.24) is 5.32 Å². The quantitative estimate of drug-likeness (QED) is 0.642. The van der Waals surface area contributed by atoms with E-state index in [0.717, 1.165) is 12.0 Å². The normalized spacial score (nSPS) is 18.2. The average molecular weight is 294 g/mol. The van der Waals surface area contributed by atoms with Crippen molar-refractivity contribution in [2.24, 2.45) is 5.92 Å². The highest BCUT2D eigenvalue weighted by molar-refractivity contribution is 7.09. The third-order valence-electron chi connectivity index (χ3n) is 4.58. The van der Waals surface area contributed by atoms with Crippen LogP contribution in [0.4, 0.5) is 0 Å². The number of nitrogens with one attached hydrogen (secondary N) is 1. The molecular weight excluding hydrogens is 262 g/mol.